The highest BCUT2D eigenvalue weighted by molar-refractivity contribution is 5.52. The second-order valence-corrected chi connectivity index (χ2v) is 4.33. The topological polar surface area (TPSA) is 63.2 Å². The fourth-order valence-corrected chi connectivity index (χ4v) is 1.85. The summed E-state index contributed by atoms with van der Waals surface area (Å²) in [7, 11) is 0. The van der Waals surface area contributed by atoms with E-state index in [0.717, 1.165) is 12.1 Å². The summed E-state index contributed by atoms with van der Waals surface area (Å²) in [6.07, 6.45) is 0.172. The van der Waals surface area contributed by atoms with Crippen molar-refractivity contribution in [3.8, 4) is 17.7 Å². The fraction of sp³-hybridized carbons (Fsp3) is 0.0714. The molecule has 22 heavy (non-hydrogen) atoms. The van der Waals surface area contributed by atoms with Gasteiger partial charge in [-0.2, -0.15) is 23.4 Å². The van der Waals surface area contributed by atoms with Crippen LogP contribution in [0, 0.1) is 11.3 Å². The van der Waals surface area contributed by atoms with Gasteiger partial charge >= 0.3 is 6.18 Å². The minimum absolute atomic E-state index is 0.0452. The number of halogens is 3. The van der Waals surface area contributed by atoms with Crippen LogP contribution in [-0.4, -0.2) is 14.4 Å². The third-order valence-electron chi connectivity index (χ3n) is 2.85. The third-order valence-corrected chi connectivity index (χ3v) is 2.85. The molecule has 0 radical (unpaired) electrons. The molecule has 0 spiro atoms. The smallest absolute Gasteiger partial charge is 0.416 e. The third kappa shape index (κ3) is 2.56. The number of nitrogens with zero attached hydrogens (tertiary/aromatic N) is 4. The van der Waals surface area contributed by atoms with E-state index in [4.69, 9.17) is 10.00 Å². The van der Waals surface area contributed by atoms with Crippen molar-refractivity contribution in [3.63, 3.8) is 0 Å². The molecule has 0 saturated heterocycles. The maximum Gasteiger partial charge on any atom is 0.416 e. The molecule has 0 amide bonds. The first-order valence-corrected chi connectivity index (χ1v) is 6.06. The first kappa shape index (κ1) is 13.9. The van der Waals surface area contributed by atoms with Crippen LogP contribution in [-0.2, 0) is 6.18 Å². The standard InChI is InChI=1S/C14H7F3N4O/c15-14(16,17)9-1-3-11(4-2-9)22-13-12-19-5-6-21(12)8-10(7-18)20-13/h1-6,8H. The second-order valence-electron chi connectivity index (χ2n) is 4.33. The molecule has 3 aromatic rings. The van der Waals surface area contributed by atoms with Crippen LogP contribution < -0.4 is 4.74 Å². The van der Waals surface area contributed by atoms with Crippen LogP contribution in [0.15, 0.2) is 42.9 Å². The quantitative estimate of drug-likeness (QED) is 0.728. The van der Waals surface area contributed by atoms with E-state index >= 15 is 0 Å². The Hall–Kier alpha value is -3.08. The van der Waals surface area contributed by atoms with Gasteiger partial charge in [0.25, 0.3) is 5.88 Å². The van der Waals surface area contributed by atoms with E-state index in [2.05, 4.69) is 9.97 Å². The molecule has 0 atom stereocenters. The van der Waals surface area contributed by atoms with Crippen LogP contribution in [0.3, 0.4) is 0 Å². The minimum atomic E-state index is -4.41. The van der Waals surface area contributed by atoms with Crippen molar-refractivity contribution in [1.82, 2.24) is 14.4 Å². The van der Waals surface area contributed by atoms with E-state index in [1.165, 1.54) is 24.5 Å². The summed E-state index contributed by atoms with van der Waals surface area (Å²) in [5.41, 5.74) is -0.309. The van der Waals surface area contributed by atoms with E-state index in [-0.39, 0.29) is 17.3 Å². The predicted octanol–water partition coefficient (Wildman–Crippen LogP) is 3.41. The number of hydrogen-bond donors (Lipinski definition) is 0. The van der Waals surface area contributed by atoms with E-state index in [0.29, 0.717) is 5.65 Å². The van der Waals surface area contributed by atoms with Gasteiger partial charge in [-0.3, -0.25) is 4.40 Å². The van der Waals surface area contributed by atoms with E-state index in [9.17, 15) is 13.2 Å². The molecule has 0 aliphatic rings. The van der Waals surface area contributed by atoms with Gasteiger partial charge in [-0.1, -0.05) is 0 Å². The molecule has 0 N–H and O–H groups in total. The molecular weight excluding hydrogens is 297 g/mol. The summed E-state index contributed by atoms with van der Waals surface area (Å²) in [4.78, 5) is 8.00. The molecule has 110 valence electrons. The Morgan fingerprint density at radius 1 is 1.18 bits per heavy atom. The summed E-state index contributed by atoms with van der Waals surface area (Å²) in [6, 6.07) is 6.06. The van der Waals surface area contributed by atoms with E-state index < -0.39 is 11.7 Å². The maximum atomic E-state index is 12.5. The van der Waals surface area contributed by atoms with Crippen LogP contribution >= 0.6 is 0 Å². The summed E-state index contributed by atoms with van der Waals surface area (Å²) in [5.74, 6) is 0.212. The first-order chi connectivity index (χ1) is 10.5. The van der Waals surface area contributed by atoms with Gasteiger partial charge in [-0.05, 0) is 24.3 Å². The lowest BCUT2D eigenvalue weighted by atomic mass is 10.2. The Balaban J connectivity index is 1.96. The summed E-state index contributed by atoms with van der Waals surface area (Å²) in [6.45, 7) is 0. The molecular formula is C14H7F3N4O. The van der Waals surface area contributed by atoms with Crippen molar-refractivity contribution in [2.75, 3.05) is 0 Å². The van der Waals surface area contributed by atoms with Crippen molar-refractivity contribution < 1.29 is 17.9 Å². The lowest BCUT2D eigenvalue weighted by molar-refractivity contribution is -0.137. The van der Waals surface area contributed by atoms with Crippen LogP contribution in [0.2, 0.25) is 0 Å². The van der Waals surface area contributed by atoms with Gasteiger partial charge in [0, 0.05) is 18.6 Å². The Bertz CT molecular complexity index is 862. The SMILES string of the molecule is N#Cc1cn2ccnc2c(Oc2ccc(C(F)(F)F)cc2)n1. The van der Waals surface area contributed by atoms with Gasteiger partial charge in [-0.15, -0.1) is 0 Å². The molecule has 2 heterocycles. The zero-order valence-corrected chi connectivity index (χ0v) is 10.9. The van der Waals surface area contributed by atoms with Gasteiger partial charge < -0.3 is 4.74 Å². The summed E-state index contributed by atoms with van der Waals surface area (Å²) in [5, 5.41) is 8.92. The number of hydrogen-bond acceptors (Lipinski definition) is 4. The van der Waals surface area contributed by atoms with Crippen molar-refractivity contribution in [2.24, 2.45) is 0 Å². The van der Waals surface area contributed by atoms with Crippen LogP contribution in [0.4, 0.5) is 13.2 Å². The van der Waals surface area contributed by atoms with Crippen molar-refractivity contribution in [3.05, 3.63) is 54.1 Å². The monoisotopic (exact) mass is 304 g/mol. The Morgan fingerprint density at radius 2 is 1.91 bits per heavy atom. The molecule has 2 aromatic heterocycles. The van der Waals surface area contributed by atoms with Crippen LogP contribution in [0.5, 0.6) is 11.6 Å². The number of rotatable bonds is 2. The molecule has 0 unspecified atom stereocenters. The number of ether oxygens (including phenoxy) is 1. The van der Waals surface area contributed by atoms with Gasteiger partial charge in [0.05, 0.1) is 5.56 Å². The summed E-state index contributed by atoms with van der Waals surface area (Å²) >= 11 is 0. The van der Waals surface area contributed by atoms with Gasteiger partial charge in [0.15, 0.2) is 5.69 Å². The van der Waals surface area contributed by atoms with Crippen LogP contribution in [0.1, 0.15) is 11.3 Å². The van der Waals surface area contributed by atoms with Gasteiger partial charge in [0.1, 0.15) is 11.8 Å². The lowest BCUT2D eigenvalue weighted by Gasteiger charge is -2.09. The maximum absolute atomic E-state index is 12.5. The molecule has 8 heteroatoms. The highest BCUT2D eigenvalue weighted by atomic mass is 19.4. The molecule has 0 fully saturated rings. The molecule has 0 saturated carbocycles. The van der Waals surface area contributed by atoms with Crippen LogP contribution in [0.25, 0.3) is 5.65 Å². The zero-order valence-electron chi connectivity index (χ0n) is 10.9. The van der Waals surface area contributed by atoms with Gasteiger partial charge in [0.2, 0.25) is 5.65 Å². The first-order valence-electron chi connectivity index (χ1n) is 6.06. The minimum Gasteiger partial charge on any atom is -0.436 e. The number of fused-ring (bicyclic) bond motifs is 1. The Kier molecular flexibility index (Phi) is 3.18. The number of aromatic nitrogens is 3. The van der Waals surface area contributed by atoms with Crippen molar-refractivity contribution in [2.45, 2.75) is 6.18 Å². The van der Waals surface area contributed by atoms with Gasteiger partial charge in [-0.25, -0.2) is 4.98 Å². The lowest BCUT2D eigenvalue weighted by Crippen LogP contribution is -2.04. The second kappa shape index (κ2) is 5.04. The average Bonchev–Trinajstić information content (AvgIpc) is 2.95. The number of nitriles is 1. The highest BCUT2D eigenvalue weighted by Gasteiger charge is 2.30. The molecule has 0 bridgehead atoms. The molecule has 0 aliphatic carbocycles. The van der Waals surface area contributed by atoms with Crippen molar-refractivity contribution >= 4 is 5.65 Å². The number of alkyl halides is 3. The largest absolute Gasteiger partial charge is 0.436 e. The molecule has 0 aliphatic heterocycles. The highest BCUT2D eigenvalue weighted by Crippen LogP contribution is 2.31. The normalized spacial score (nSPS) is 11.4. The number of benzene rings is 1. The fourth-order valence-electron chi connectivity index (χ4n) is 1.85. The molecule has 5 nitrogen and oxygen atoms in total. The Morgan fingerprint density at radius 3 is 2.55 bits per heavy atom. The average molecular weight is 304 g/mol. The predicted molar refractivity (Wildman–Crippen MR) is 69.2 cm³/mol. The van der Waals surface area contributed by atoms with Crippen molar-refractivity contribution in [1.29, 1.82) is 5.26 Å². The summed E-state index contributed by atoms with van der Waals surface area (Å²) < 4.78 is 44.5. The zero-order chi connectivity index (χ0) is 15.7. The van der Waals surface area contributed by atoms with E-state index in [1.807, 2.05) is 6.07 Å². The molecule has 1 aromatic carbocycles. The van der Waals surface area contributed by atoms with E-state index in [1.54, 1.807) is 10.6 Å². The Labute approximate surface area is 122 Å². The number of imidazole rings is 1. The molecule has 3 rings (SSSR count).